The molecule has 30 heavy (non-hydrogen) atoms. The smallest absolute Gasteiger partial charge is 0.191 e. The molecule has 176 valence electrons. The van der Waals surface area contributed by atoms with E-state index in [0.717, 1.165) is 32.1 Å². The van der Waals surface area contributed by atoms with Crippen molar-refractivity contribution in [3.05, 3.63) is 0 Å². The van der Waals surface area contributed by atoms with E-state index in [1.54, 1.807) is 7.11 Å². The second-order valence-electron chi connectivity index (χ2n) is 8.92. The first-order valence-electron chi connectivity index (χ1n) is 11.8. The van der Waals surface area contributed by atoms with Crippen LogP contribution >= 0.6 is 35.7 Å². The molecule has 3 rings (SSSR count). The normalized spacial score (nSPS) is 24.3. The monoisotopic (exact) mass is 553 g/mol. The molecule has 1 aliphatic carbocycles. The van der Waals surface area contributed by atoms with Crippen LogP contribution in [-0.2, 0) is 4.74 Å². The summed E-state index contributed by atoms with van der Waals surface area (Å²) >= 11 is 2.11. The van der Waals surface area contributed by atoms with E-state index in [1.807, 2.05) is 7.05 Å². The highest BCUT2D eigenvalue weighted by molar-refractivity contribution is 14.0. The van der Waals surface area contributed by atoms with E-state index in [9.17, 15) is 0 Å². The Bertz CT molecular complexity index is 490. The summed E-state index contributed by atoms with van der Waals surface area (Å²) < 4.78 is 5.18. The van der Waals surface area contributed by atoms with Crippen molar-refractivity contribution in [1.29, 1.82) is 0 Å². The predicted octanol–water partition coefficient (Wildman–Crippen LogP) is 3.02. The van der Waals surface area contributed by atoms with Gasteiger partial charge in [-0.25, -0.2) is 0 Å². The van der Waals surface area contributed by atoms with Crippen LogP contribution in [-0.4, -0.2) is 98.9 Å². The maximum Gasteiger partial charge on any atom is 0.191 e. The highest BCUT2D eigenvalue weighted by Gasteiger charge is 2.38. The second-order valence-corrected chi connectivity index (χ2v) is 10.1. The molecule has 3 aliphatic rings. The molecule has 8 heteroatoms. The largest absolute Gasteiger partial charge is 0.385 e. The lowest BCUT2D eigenvalue weighted by Gasteiger charge is -2.48. The third-order valence-corrected chi connectivity index (χ3v) is 7.97. The molecule has 6 nitrogen and oxygen atoms in total. The number of guanidine groups is 1. The molecule has 2 N–H and O–H groups in total. The molecule has 0 unspecified atom stereocenters. The standard InChI is InChI=1S/C22H43N5OS.HI/c1-23-21(25-20-7-12-26(13-8-20)11-6-16-28-2)24-19-22(9-4-3-5-10-22)27-14-17-29-18-15-27;/h20H,3-19H2,1-2H3,(H2,23,24,25);1H. The average molecular weight is 554 g/mol. The molecule has 1 saturated carbocycles. The second kappa shape index (κ2) is 14.4. The molecule has 2 aliphatic heterocycles. The van der Waals surface area contributed by atoms with Crippen LogP contribution in [0.3, 0.4) is 0 Å². The number of thioether (sulfide) groups is 1. The molecule has 0 radical (unpaired) electrons. The van der Waals surface area contributed by atoms with Crippen molar-refractivity contribution in [3.8, 4) is 0 Å². The minimum Gasteiger partial charge on any atom is -0.385 e. The van der Waals surface area contributed by atoms with Gasteiger partial charge < -0.3 is 20.3 Å². The molecule has 2 saturated heterocycles. The molecule has 0 atom stereocenters. The van der Waals surface area contributed by atoms with Gasteiger partial charge in [0, 0.05) is 83.1 Å². The Hall–Kier alpha value is 0.230. The Morgan fingerprint density at radius 1 is 1.10 bits per heavy atom. The van der Waals surface area contributed by atoms with E-state index in [1.165, 1.54) is 82.6 Å². The molecule has 3 fully saturated rings. The van der Waals surface area contributed by atoms with Crippen LogP contribution in [0.1, 0.15) is 51.4 Å². The number of methoxy groups -OCH3 is 1. The van der Waals surface area contributed by atoms with E-state index in [2.05, 4.69) is 37.2 Å². The highest BCUT2D eigenvalue weighted by Crippen LogP contribution is 2.34. The van der Waals surface area contributed by atoms with Gasteiger partial charge in [-0.1, -0.05) is 19.3 Å². The summed E-state index contributed by atoms with van der Waals surface area (Å²) in [5, 5.41) is 7.46. The van der Waals surface area contributed by atoms with Crippen molar-refractivity contribution in [2.45, 2.75) is 62.9 Å². The van der Waals surface area contributed by atoms with Crippen LogP contribution in [0.2, 0.25) is 0 Å². The molecule has 2 heterocycles. The zero-order chi connectivity index (χ0) is 20.4. The quantitative estimate of drug-likeness (QED) is 0.209. The summed E-state index contributed by atoms with van der Waals surface area (Å²) in [5.41, 5.74) is 0.335. The van der Waals surface area contributed by atoms with Crippen molar-refractivity contribution >= 4 is 41.7 Å². The topological polar surface area (TPSA) is 52.1 Å². The Kier molecular flexibility index (Phi) is 12.7. The number of aliphatic imine (C=N–C) groups is 1. The molecule has 0 aromatic carbocycles. The number of ether oxygens (including phenoxy) is 1. The molecule has 0 aromatic heterocycles. The van der Waals surface area contributed by atoms with Crippen molar-refractivity contribution < 1.29 is 4.74 Å². The van der Waals surface area contributed by atoms with E-state index in [4.69, 9.17) is 4.74 Å². The number of nitrogens with zero attached hydrogens (tertiary/aromatic N) is 3. The molecule has 0 bridgehead atoms. The van der Waals surface area contributed by atoms with Crippen LogP contribution in [0.4, 0.5) is 0 Å². The Balaban J connectivity index is 0.00000320. The van der Waals surface area contributed by atoms with Gasteiger partial charge in [0.1, 0.15) is 0 Å². The maximum atomic E-state index is 5.18. The Morgan fingerprint density at radius 2 is 1.80 bits per heavy atom. The van der Waals surface area contributed by atoms with Crippen molar-refractivity contribution in [2.24, 2.45) is 4.99 Å². The van der Waals surface area contributed by atoms with Crippen LogP contribution in [0, 0.1) is 0 Å². The summed E-state index contributed by atoms with van der Waals surface area (Å²) in [5.74, 6) is 3.58. The van der Waals surface area contributed by atoms with Crippen LogP contribution < -0.4 is 10.6 Å². The number of hydrogen-bond donors (Lipinski definition) is 2. The first kappa shape index (κ1) is 26.5. The van der Waals surface area contributed by atoms with Crippen molar-refractivity contribution in [3.63, 3.8) is 0 Å². The number of nitrogens with one attached hydrogen (secondary N) is 2. The molecule has 0 spiro atoms. The van der Waals surface area contributed by atoms with Gasteiger partial charge >= 0.3 is 0 Å². The number of hydrogen-bond acceptors (Lipinski definition) is 5. The number of rotatable bonds is 8. The summed E-state index contributed by atoms with van der Waals surface area (Å²) in [7, 11) is 3.71. The minimum absolute atomic E-state index is 0. The maximum absolute atomic E-state index is 5.18. The predicted molar refractivity (Wildman–Crippen MR) is 141 cm³/mol. The van der Waals surface area contributed by atoms with E-state index in [0.29, 0.717) is 11.6 Å². The van der Waals surface area contributed by atoms with Gasteiger partial charge in [0.2, 0.25) is 0 Å². The minimum atomic E-state index is 0. The SMILES string of the molecule is CN=C(NCC1(N2CCSCC2)CCCCC1)NC1CCN(CCCOC)CC1.I. The van der Waals surface area contributed by atoms with Gasteiger partial charge in [0.25, 0.3) is 0 Å². The number of halogens is 1. The lowest BCUT2D eigenvalue weighted by atomic mass is 9.80. The van der Waals surface area contributed by atoms with Crippen molar-refractivity contribution in [2.75, 3.05) is 71.5 Å². The first-order valence-corrected chi connectivity index (χ1v) is 12.9. The Morgan fingerprint density at radius 3 is 2.43 bits per heavy atom. The van der Waals surface area contributed by atoms with E-state index in [-0.39, 0.29) is 24.0 Å². The summed E-state index contributed by atoms with van der Waals surface area (Å²) in [6.07, 6.45) is 10.3. The summed E-state index contributed by atoms with van der Waals surface area (Å²) in [6.45, 7) is 7.91. The van der Waals surface area contributed by atoms with Gasteiger partial charge in [-0.05, 0) is 32.1 Å². The zero-order valence-corrected chi connectivity index (χ0v) is 22.3. The van der Waals surface area contributed by atoms with Gasteiger partial charge in [-0.15, -0.1) is 24.0 Å². The van der Waals surface area contributed by atoms with Gasteiger partial charge in [-0.2, -0.15) is 11.8 Å². The van der Waals surface area contributed by atoms with Crippen LogP contribution in [0.5, 0.6) is 0 Å². The third-order valence-electron chi connectivity index (χ3n) is 7.03. The lowest BCUT2D eigenvalue weighted by Crippen LogP contribution is -2.60. The molecule has 0 amide bonds. The van der Waals surface area contributed by atoms with Gasteiger partial charge in [-0.3, -0.25) is 9.89 Å². The lowest BCUT2D eigenvalue weighted by molar-refractivity contribution is 0.0625. The summed E-state index contributed by atoms with van der Waals surface area (Å²) in [6, 6.07) is 0.536. The van der Waals surface area contributed by atoms with Crippen LogP contribution in [0.15, 0.2) is 4.99 Å². The fourth-order valence-electron chi connectivity index (χ4n) is 5.22. The van der Waals surface area contributed by atoms with Gasteiger partial charge in [0.15, 0.2) is 5.96 Å². The van der Waals surface area contributed by atoms with Gasteiger partial charge in [0.05, 0.1) is 0 Å². The number of piperidine rings is 1. The number of likely N-dealkylation sites (tertiary alicyclic amines) is 1. The highest BCUT2D eigenvalue weighted by atomic mass is 127. The van der Waals surface area contributed by atoms with Crippen LogP contribution in [0.25, 0.3) is 0 Å². The first-order chi connectivity index (χ1) is 14.3. The molecule has 0 aromatic rings. The third kappa shape index (κ3) is 7.98. The summed E-state index contributed by atoms with van der Waals surface area (Å²) in [4.78, 5) is 9.93. The molecular weight excluding hydrogens is 509 g/mol. The molecular formula is C22H44IN5OS. The average Bonchev–Trinajstić information content (AvgIpc) is 2.79. The fraction of sp³-hybridized carbons (Fsp3) is 0.955. The fourth-order valence-corrected chi connectivity index (χ4v) is 6.13. The van der Waals surface area contributed by atoms with E-state index < -0.39 is 0 Å². The van der Waals surface area contributed by atoms with E-state index >= 15 is 0 Å². The Labute approximate surface area is 205 Å². The zero-order valence-electron chi connectivity index (χ0n) is 19.2. The van der Waals surface area contributed by atoms with Crippen molar-refractivity contribution in [1.82, 2.24) is 20.4 Å².